The van der Waals surface area contributed by atoms with E-state index in [1.807, 2.05) is 40.1 Å². The van der Waals surface area contributed by atoms with Gasteiger partial charge in [0.15, 0.2) is 0 Å². The maximum absolute atomic E-state index is 13.9. The van der Waals surface area contributed by atoms with Crippen molar-refractivity contribution in [2.24, 2.45) is 0 Å². The number of hydrogen-bond acceptors (Lipinski definition) is 5. The van der Waals surface area contributed by atoms with E-state index in [1.165, 1.54) is 27.0 Å². The fraction of sp³-hybridized carbons (Fsp3) is 0.280. The van der Waals surface area contributed by atoms with Crippen LogP contribution in [-0.4, -0.2) is 62.9 Å². The number of H-pyrrole nitrogens is 2. The minimum Gasteiger partial charge on any atom is -0.508 e. The van der Waals surface area contributed by atoms with Gasteiger partial charge >= 0.3 is 0 Å². The lowest BCUT2D eigenvalue weighted by atomic mass is 10.00. The summed E-state index contributed by atoms with van der Waals surface area (Å²) in [6, 6.07) is 38.7. The number of thioether (sulfide) groups is 2. The Morgan fingerprint density at radius 1 is 0.593 bits per heavy atom. The third kappa shape index (κ3) is 8.15. The van der Waals surface area contributed by atoms with Crippen LogP contribution in [0.25, 0.3) is 44.3 Å². The number of carbonyl (C=O) groups is 2. The number of aromatic amines is 2. The van der Waals surface area contributed by atoms with Gasteiger partial charge in [-0.15, -0.1) is 23.5 Å². The molecule has 3 N–H and O–H groups in total. The van der Waals surface area contributed by atoms with Crippen LogP contribution in [0, 0.1) is 6.92 Å². The first-order valence-corrected chi connectivity index (χ1v) is 22.7. The highest BCUT2D eigenvalue weighted by Crippen LogP contribution is 2.53. The Morgan fingerprint density at radius 2 is 1.08 bits per heavy atom. The van der Waals surface area contributed by atoms with Crippen molar-refractivity contribution < 1.29 is 14.7 Å². The summed E-state index contributed by atoms with van der Waals surface area (Å²) in [4.78, 5) is 41.0. The predicted molar refractivity (Wildman–Crippen MR) is 245 cm³/mol. The lowest BCUT2D eigenvalue weighted by Gasteiger charge is -2.30. The zero-order valence-electron chi connectivity index (χ0n) is 34.3. The van der Waals surface area contributed by atoms with Crippen molar-refractivity contribution in [2.45, 2.75) is 73.7 Å². The summed E-state index contributed by atoms with van der Waals surface area (Å²) in [6.45, 7) is 11.5. The van der Waals surface area contributed by atoms with E-state index in [0.29, 0.717) is 6.54 Å². The van der Waals surface area contributed by atoms with E-state index in [9.17, 15) is 14.7 Å². The van der Waals surface area contributed by atoms with Gasteiger partial charge in [0.05, 0.1) is 11.4 Å². The molecule has 2 amide bonds. The number of aromatic hydroxyl groups is 1. The quantitative estimate of drug-likeness (QED) is 0.121. The van der Waals surface area contributed by atoms with Crippen molar-refractivity contribution in [1.82, 2.24) is 19.8 Å². The van der Waals surface area contributed by atoms with Crippen LogP contribution in [0.1, 0.15) is 72.8 Å². The number of fused-ring (bicyclic) bond motifs is 10. The lowest BCUT2D eigenvalue weighted by molar-refractivity contribution is -0.131. The molecule has 5 aromatic carbocycles. The smallest absolute Gasteiger partial charge is 0.240 e. The van der Waals surface area contributed by atoms with Crippen LogP contribution in [0.15, 0.2) is 125 Å². The number of aromatic nitrogens is 2. The van der Waals surface area contributed by atoms with Crippen LogP contribution in [0.4, 0.5) is 0 Å². The molecule has 0 fully saturated rings. The van der Waals surface area contributed by atoms with Gasteiger partial charge in [0.1, 0.15) is 16.2 Å². The minimum atomic E-state index is -0.276. The van der Waals surface area contributed by atoms with Gasteiger partial charge in [0.25, 0.3) is 0 Å². The predicted octanol–water partition coefficient (Wildman–Crippen LogP) is 12.1. The summed E-state index contributed by atoms with van der Waals surface area (Å²) >= 11 is 3.36. The normalized spacial score (nSPS) is 15.1. The first kappa shape index (κ1) is 40.4. The molecule has 302 valence electrons. The molecule has 7 nitrogen and oxygen atoms in total. The van der Waals surface area contributed by atoms with Crippen molar-refractivity contribution in [3.63, 3.8) is 0 Å². The fourth-order valence-electron chi connectivity index (χ4n) is 8.47. The van der Waals surface area contributed by atoms with Gasteiger partial charge in [-0.3, -0.25) is 9.59 Å². The van der Waals surface area contributed by atoms with Crippen molar-refractivity contribution in [3.05, 3.63) is 138 Å². The van der Waals surface area contributed by atoms with Crippen LogP contribution in [0.2, 0.25) is 0 Å². The molecule has 2 aliphatic heterocycles. The zero-order chi connectivity index (χ0) is 41.0. The average molecular weight is 821 g/mol. The van der Waals surface area contributed by atoms with E-state index in [2.05, 4.69) is 110 Å². The van der Waals surface area contributed by atoms with Crippen LogP contribution < -0.4 is 0 Å². The molecule has 0 saturated heterocycles. The minimum absolute atomic E-state index is 0.163. The Bertz CT molecular complexity index is 2610. The van der Waals surface area contributed by atoms with Gasteiger partial charge in [-0.05, 0) is 80.1 Å². The topological polar surface area (TPSA) is 92.4 Å². The molecule has 59 heavy (non-hydrogen) atoms. The number of amides is 2. The van der Waals surface area contributed by atoms with Gasteiger partial charge < -0.3 is 24.9 Å². The molecule has 0 radical (unpaired) electrons. The third-order valence-electron chi connectivity index (χ3n) is 11.2. The fourth-order valence-corrected chi connectivity index (χ4v) is 11.1. The molecular formula is C50H52N4O3S2. The molecule has 2 unspecified atom stereocenters. The number of phenols is 1. The van der Waals surface area contributed by atoms with E-state index in [-0.39, 0.29) is 28.1 Å². The molecule has 0 spiro atoms. The standard InChI is InChI=1S/C27H26N2O2S.C23H26N2OS/c1-2-16-29(17-15-18-11-13-19(30)14-12-18)27(31)26-24-20-7-3-5-9-22(20)28-25(24)21-8-4-6-10-23(21)32-26;1-4-12-25(13-5-2)23(26)22-20-16-11-10-15(3)14-18(16)24-21(20)17-8-6-7-9-19(17)27-22/h3-14,26,28,30H,2,15-17H2,1H3;6-11,14,22,24H,4-5,12-13H2,1-3H3. The Balaban J connectivity index is 0.000000167. The van der Waals surface area contributed by atoms with E-state index >= 15 is 0 Å². The molecule has 0 bridgehead atoms. The number of rotatable bonds is 11. The van der Waals surface area contributed by atoms with Gasteiger partial charge in [0, 0.05) is 80.0 Å². The highest BCUT2D eigenvalue weighted by molar-refractivity contribution is 8.00. The Morgan fingerprint density at radius 3 is 1.66 bits per heavy atom. The van der Waals surface area contributed by atoms with Crippen molar-refractivity contribution in [1.29, 1.82) is 0 Å². The maximum Gasteiger partial charge on any atom is 0.240 e. The van der Waals surface area contributed by atoms with Crippen LogP contribution >= 0.6 is 23.5 Å². The SMILES string of the molecule is CCCN(CCC)C(=O)C1Sc2ccccc2-c2[nH]c3cc(C)ccc3c21.CCCN(CCc1ccc(O)cc1)C(=O)C1Sc2ccccc2-c2[nH]c3ccccc3c21. The van der Waals surface area contributed by atoms with E-state index in [1.54, 1.807) is 35.7 Å². The number of hydrogen-bond donors (Lipinski definition) is 3. The highest BCUT2D eigenvalue weighted by Gasteiger charge is 2.37. The maximum atomic E-state index is 13.9. The number of nitrogens with one attached hydrogen (secondary N) is 2. The lowest BCUT2D eigenvalue weighted by Crippen LogP contribution is -2.37. The van der Waals surface area contributed by atoms with Gasteiger partial charge in [-0.2, -0.15) is 0 Å². The van der Waals surface area contributed by atoms with Crippen LogP contribution in [-0.2, 0) is 16.0 Å². The van der Waals surface area contributed by atoms with E-state index < -0.39 is 0 Å². The van der Waals surface area contributed by atoms with E-state index in [0.717, 1.165) is 94.7 Å². The largest absolute Gasteiger partial charge is 0.508 e. The second kappa shape index (κ2) is 17.9. The van der Waals surface area contributed by atoms with Crippen LogP contribution in [0.5, 0.6) is 5.75 Å². The van der Waals surface area contributed by atoms with Gasteiger partial charge in [-0.25, -0.2) is 0 Å². The number of benzene rings is 5. The molecule has 9 rings (SSSR count). The molecule has 0 aliphatic carbocycles. The van der Waals surface area contributed by atoms with E-state index in [4.69, 9.17) is 0 Å². The second-order valence-corrected chi connectivity index (χ2v) is 17.8. The molecule has 9 heteroatoms. The van der Waals surface area contributed by atoms with Crippen molar-refractivity contribution in [2.75, 3.05) is 26.2 Å². The Labute approximate surface area is 355 Å². The van der Waals surface area contributed by atoms with Crippen molar-refractivity contribution >= 4 is 57.1 Å². The van der Waals surface area contributed by atoms with Gasteiger partial charge in [0.2, 0.25) is 11.8 Å². The molecule has 7 aromatic rings. The third-order valence-corrected chi connectivity index (χ3v) is 13.8. The summed E-state index contributed by atoms with van der Waals surface area (Å²) in [7, 11) is 0. The molecule has 0 saturated carbocycles. The zero-order valence-corrected chi connectivity index (χ0v) is 35.9. The Hall–Kier alpha value is -5.38. The monoisotopic (exact) mass is 820 g/mol. The first-order valence-electron chi connectivity index (χ1n) is 20.9. The molecule has 2 aliphatic rings. The average Bonchev–Trinajstić information content (AvgIpc) is 3.84. The molecule has 4 heterocycles. The number of phenolic OH excluding ortho intramolecular Hbond substituents is 1. The van der Waals surface area contributed by atoms with Crippen molar-refractivity contribution in [3.8, 4) is 28.3 Å². The Kier molecular flexibility index (Phi) is 12.2. The number of nitrogens with zero attached hydrogens (tertiary/aromatic N) is 2. The molecular weight excluding hydrogens is 769 g/mol. The summed E-state index contributed by atoms with van der Waals surface area (Å²) in [5, 5.41) is 11.4. The van der Waals surface area contributed by atoms with Crippen LogP contribution in [0.3, 0.4) is 0 Å². The number of aryl methyl sites for hydroxylation is 1. The van der Waals surface area contributed by atoms with Gasteiger partial charge in [-0.1, -0.05) is 99.6 Å². The summed E-state index contributed by atoms with van der Waals surface area (Å²) in [6.07, 6.45) is 3.65. The number of carbonyl (C=O) groups excluding carboxylic acids is 2. The number of para-hydroxylation sites is 1. The molecule has 2 atom stereocenters. The first-order chi connectivity index (χ1) is 28.8. The second-order valence-electron chi connectivity index (χ2n) is 15.5. The molecule has 2 aromatic heterocycles. The summed E-state index contributed by atoms with van der Waals surface area (Å²) in [5.74, 6) is 0.663. The summed E-state index contributed by atoms with van der Waals surface area (Å²) < 4.78 is 0. The summed E-state index contributed by atoms with van der Waals surface area (Å²) in [5.41, 5.74) is 11.3. The highest BCUT2D eigenvalue weighted by atomic mass is 32.2.